The standard InChI is InChI=1S/C14H16S2/c1-14(2,3)16-12-8-6-11(7-9-12)13-5-4-10-15-13/h4-10H,1-3H3. The SMILES string of the molecule is CC(C)(C)Sc1ccc(-c2cccs2)cc1. The Morgan fingerprint density at radius 2 is 1.69 bits per heavy atom. The van der Waals surface area contributed by atoms with Crippen LogP contribution in [0.1, 0.15) is 20.8 Å². The second-order valence-corrected chi connectivity index (χ2v) is 7.56. The Hall–Kier alpha value is -0.730. The van der Waals surface area contributed by atoms with Gasteiger partial charge in [-0.05, 0) is 29.1 Å². The number of thioether (sulfide) groups is 1. The molecule has 1 aromatic carbocycles. The summed E-state index contributed by atoms with van der Waals surface area (Å²) in [4.78, 5) is 2.68. The summed E-state index contributed by atoms with van der Waals surface area (Å²) in [6.45, 7) is 6.72. The molecular formula is C14H16S2. The third-order valence-corrected chi connectivity index (χ3v) is 4.12. The maximum Gasteiger partial charge on any atom is 0.0342 e. The molecule has 1 heterocycles. The minimum atomic E-state index is 0.282. The Kier molecular flexibility index (Phi) is 3.41. The zero-order valence-electron chi connectivity index (χ0n) is 9.86. The molecule has 0 spiro atoms. The molecule has 0 aliphatic heterocycles. The first kappa shape index (κ1) is 11.7. The van der Waals surface area contributed by atoms with Crippen molar-refractivity contribution in [1.82, 2.24) is 0 Å². The lowest BCUT2D eigenvalue weighted by Crippen LogP contribution is -2.06. The number of hydrogen-bond acceptors (Lipinski definition) is 2. The van der Waals surface area contributed by atoms with Crippen LogP contribution in [0.25, 0.3) is 10.4 Å². The van der Waals surface area contributed by atoms with Crippen molar-refractivity contribution in [2.45, 2.75) is 30.4 Å². The van der Waals surface area contributed by atoms with Crippen LogP contribution in [0.15, 0.2) is 46.7 Å². The monoisotopic (exact) mass is 248 g/mol. The first-order valence-electron chi connectivity index (χ1n) is 5.37. The van der Waals surface area contributed by atoms with Gasteiger partial charge in [-0.1, -0.05) is 39.0 Å². The van der Waals surface area contributed by atoms with Gasteiger partial charge >= 0.3 is 0 Å². The predicted molar refractivity (Wildman–Crippen MR) is 75.4 cm³/mol. The topological polar surface area (TPSA) is 0 Å². The fourth-order valence-electron chi connectivity index (χ4n) is 1.48. The molecule has 0 radical (unpaired) electrons. The van der Waals surface area contributed by atoms with Crippen LogP contribution in [0.2, 0.25) is 0 Å². The molecule has 84 valence electrons. The summed E-state index contributed by atoms with van der Waals surface area (Å²) in [6.07, 6.45) is 0. The number of hydrogen-bond donors (Lipinski definition) is 0. The van der Waals surface area contributed by atoms with Gasteiger partial charge < -0.3 is 0 Å². The molecular weight excluding hydrogens is 232 g/mol. The molecule has 2 rings (SSSR count). The Morgan fingerprint density at radius 3 is 2.19 bits per heavy atom. The van der Waals surface area contributed by atoms with Crippen molar-refractivity contribution >= 4 is 23.1 Å². The fraction of sp³-hybridized carbons (Fsp3) is 0.286. The molecule has 0 saturated carbocycles. The summed E-state index contributed by atoms with van der Waals surface area (Å²) < 4.78 is 0.282. The summed E-state index contributed by atoms with van der Waals surface area (Å²) in [7, 11) is 0. The van der Waals surface area contributed by atoms with Gasteiger partial charge in [0, 0.05) is 14.5 Å². The van der Waals surface area contributed by atoms with Gasteiger partial charge in [0.1, 0.15) is 0 Å². The van der Waals surface area contributed by atoms with Crippen LogP contribution in [0.3, 0.4) is 0 Å². The van der Waals surface area contributed by atoms with Gasteiger partial charge in [-0.3, -0.25) is 0 Å². The van der Waals surface area contributed by atoms with Crippen molar-refractivity contribution < 1.29 is 0 Å². The normalized spacial score (nSPS) is 11.7. The first-order valence-corrected chi connectivity index (χ1v) is 7.07. The minimum Gasteiger partial charge on any atom is -0.144 e. The fourth-order valence-corrected chi connectivity index (χ4v) is 3.20. The summed E-state index contributed by atoms with van der Waals surface area (Å²) in [5.74, 6) is 0. The molecule has 0 N–H and O–H groups in total. The summed E-state index contributed by atoms with van der Waals surface area (Å²) in [5.41, 5.74) is 1.31. The maximum atomic E-state index is 2.24. The van der Waals surface area contributed by atoms with Crippen LogP contribution in [0.5, 0.6) is 0 Å². The quantitative estimate of drug-likeness (QED) is 0.649. The molecule has 0 fully saturated rings. The molecule has 2 aromatic rings. The van der Waals surface area contributed by atoms with Crippen LogP contribution in [0, 0.1) is 0 Å². The van der Waals surface area contributed by atoms with E-state index in [4.69, 9.17) is 0 Å². The van der Waals surface area contributed by atoms with Gasteiger partial charge in [0.15, 0.2) is 0 Å². The Morgan fingerprint density at radius 1 is 1.00 bits per heavy atom. The molecule has 0 aliphatic rings. The molecule has 2 heteroatoms. The zero-order valence-corrected chi connectivity index (χ0v) is 11.5. The molecule has 0 aliphatic carbocycles. The van der Waals surface area contributed by atoms with E-state index in [1.54, 1.807) is 11.3 Å². The second-order valence-electron chi connectivity index (χ2n) is 4.72. The van der Waals surface area contributed by atoms with E-state index in [1.807, 2.05) is 11.8 Å². The Bertz CT molecular complexity index is 433. The number of benzene rings is 1. The van der Waals surface area contributed by atoms with E-state index >= 15 is 0 Å². The Labute approximate surface area is 106 Å². The lowest BCUT2D eigenvalue weighted by atomic mass is 10.2. The number of thiophene rings is 1. The van der Waals surface area contributed by atoms with E-state index in [9.17, 15) is 0 Å². The van der Waals surface area contributed by atoms with E-state index in [0.29, 0.717) is 0 Å². The lowest BCUT2D eigenvalue weighted by Gasteiger charge is -2.17. The molecule has 16 heavy (non-hydrogen) atoms. The molecule has 0 amide bonds. The van der Waals surface area contributed by atoms with Crippen LogP contribution in [0.4, 0.5) is 0 Å². The van der Waals surface area contributed by atoms with Crippen molar-refractivity contribution in [3.63, 3.8) is 0 Å². The van der Waals surface area contributed by atoms with Crippen molar-refractivity contribution in [3.8, 4) is 10.4 Å². The average Bonchev–Trinajstić information content (AvgIpc) is 2.69. The average molecular weight is 248 g/mol. The predicted octanol–water partition coefficient (Wildman–Crippen LogP) is 5.31. The first-order chi connectivity index (χ1) is 7.54. The Balaban J connectivity index is 2.17. The van der Waals surface area contributed by atoms with Crippen LogP contribution >= 0.6 is 23.1 Å². The zero-order chi connectivity index (χ0) is 11.6. The van der Waals surface area contributed by atoms with E-state index < -0.39 is 0 Å². The summed E-state index contributed by atoms with van der Waals surface area (Å²) >= 11 is 3.70. The highest BCUT2D eigenvalue weighted by atomic mass is 32.2. The third-order valence-electron chi connectivity index (χ3n) is 2.08. The van der Waals surface area contributed by atoms with E-state index in [-0.39, 0.29) is 4.75 Å². The smallest absolute Gasteiger partial charge is 0.0342 e. The van der Waals surface area contributed by atoms with E-state index in [0.717, 1.165) is 0 Å². The third kappa shape index (κ3) is 3.13. The summed E-state index contributed by atoms with van der Waals surface area (Å²) in [6, 6.07) is 13.1. The van der Waals surface area contributed by atoms with Gasteiger partial charge in [0.25, 0.3) is 0 Å². The van der Waals surface area contributed by atoms with Crippen molar-refractivity contribution in [2.75, 3.05) is 0 Å². The van der Waals surface area contributed by atoms with Crippen LogP contribution < -0.4 is 0 Å². The van der Waals surface area contributed by atoms with Crippen molar-refractivity contribution in [2.24, 2.45) is 0 Å². The molecule has 1 aromatic heterocycles. The minimum absolute atomic E-state index is 0.282. The molecule has 0 unspecified atom stereocenters. The molecule has 0 nitrogen and oxygen atoms in total. The highest BCUT2D eigenvalue weighted by Gasteiger charge is 2.11. The largest absolute Gasteiger partial charge is 0.144 e. The summed E-state index contributed by atoms with van der Waals surface area (Å²) in [5, 5.41) is 2.12. The van der Waals surface area contributed by atoms with E-state index in [2.05, 4.69) is 62.5 Å². The highest BCUT2D eigenvalue weighted by molar-refractivity contribution is 8.00. The second kappa shape index (κ2) is 4.64. The molecule has 0 atom stereocenters. The van der Waals surface area contributed by atoms with Gasteiger partial charge in [-0.15, -0.1) is 23.1 Å². The van der Waals surface area contributed by atoms with Gasteiger partial charge in [0.2, 0.25) is 0 Å². The number of rotatable bonds is 2. The molecule has 0 saturated heterocycles. The van der Waals surface area contributed by atoms with Crippen LogP contribution in [-0.2, 0) is 0 Å². The maximum absolute atomic E-state index is 2.24. The van der Waals surface area contributed by atoms with Gasteiger partial charge in [0.05, 0.1) is 0 Å². The van der Waals surface area contributed by atoms with Crippen molar-refractivity contribution in [1.29, 1.82) is 0 Å². The lowest BCUT2D eigenvalue weighted by molar-refractivity contribution is 0.803. The van der Waals surface area contributed by atoms with Crippen molar-refractivity contribution in [3.05, 3.63) is 41.8 Å². The highest BCUT2D eigenvalue weighted by Crippen LogP contribution is 2.33. The van der Waals surface area contributed by atoms with Gasteiger partial charge in [-0.2, -0.15) is 0 Å². The van der Waals surface area contributed by atoms with Crippen LogP contribution in [-0.4, -0.2) is 4.75 Å². The molecule has 0 bridgehead atoms. The van der Waals surface area contributed by atoms with Gasteiger partial charge in [-0.25, -0.2) is 0 Å². The van der Waals surface area contributed by atoms with E-state index in [1.165, 1.54) is 15.3 Å².